The van der Waals surface area contributed by atoms with Crippen LogP contribution in [0.2, 0.25) is 5.02 Å². The van der Waals surface area contributed by atoms with Crippen molar-refractivity contribution in [1.82, 2.24) is 5.32 Å². The molecule has 1 aliphatic heterocycles. The van der Waals surface area contributed by atoms with Crippen molar-refractivity contribution in [2.75, 3.05) is 18.0 Å². The summed E-state index contributed by atoms with van der Waals surface area (Å²) < 4.78 is 0.967. The van der Waals surface area contributed by atoms with Gasteiger partial charge in [-0.05, 0) is 65.7 Å². The highest BCUT2D eigenvalue weighted by atomic mass is 79.9. The Morgan fingerprint density at radius 1 is 1.38 bits per heavy atom. The van der Waals surface area contributed by atoms with Crippen molar-refractivity contribution >= 4 is 33.2 Å². The normalized spacial score (nSPS) is 30.0. The van der Waals surface area contributed by atoms with Crippen molar-refractivity contribution in [1.29, 1.82) is 0 Å². The van der Waals surface area contributed by atoms with Crippen molar-refractivity contribution in [2.24, 2.45) is 11.8 Å². The van der Waals surface area contributed by atoms with Crippen LogP contribution in [0.1, 0.15) is 33.6 Å². The molecular formula is C17H24BrClN2. The molecule has 116 valence electrons. The van der Waals surface area contributed by atoms with E-state index >= 15 is 0 Å². The van der Waals surface area contributed by atoms with Crippen molar-refractivity contribution in [3.05, 3.63) is 27.7 Å². The second kappa shape index (κ2) is 5.75. The number of anilines is 1. The van der Waals surface area contributed by atoms with E-state index in [1.165, 1.54) is 18.5 Å². The highest BCUT2D eigenvalue weighted by Gasteiger charge is 2.46. The van der Waals surface area contributed by atoms with Crippen LogP contribution < -0.4 is 10.2 Å². The summed E-state index contributed by atoms with van der Waals surface area (Å²) in [4.78, 5) is 2.57. The molecule has 0 radical (unpaired) electrons. The minimum atomic E-state index is 0.241. The van der Waals surface area contributed by atoms with Gasteiger partial charge >= 0.3 is 0 Å². The van der Waals surface area contributed by atoms with Gasteiger partial charge in [-0.1, -0.05) is 25.4 Å². The molecule has 2 nitrogen and oxygen atoms in total. The predicted molar refractivity (Wildman–Crippen MR) is 94.3 cm³/mol. The molecule has 0 aromatic heterocycles. The molecular weight excluding hydrogens is 348 g/mol. The molecule has 2 fully saturated rings. The summed E-state index contributed by atoms with van der Waals surface area (Å²) >= 11 is 9.81. The first-order chi connectivity index (χ1) is 9.90. The van der Waals surface area contributed by atoms with Gasteiger partial charge in [0.25, 0.3) is 0 Å². The van der Waals surface area contributed by atoms with Gasteiger partial charge < -0.3 is 10.2 Å². The molecule has 1 N–H and O–H groups in total. The van der Waals surface area contributed by atoms with E-state index in [0.29, 0.717) is 12.0 Å². The molecule has 2 aliphatic rings. The molecule has 2 unspecified atom stereocenters. The first-order valence-electron chi connectivity index (χ1n) is 7.87. The van der Waals surface area contributed by atoms with E-state index < -0.39 is 0 Å². The third-order valence-electron chi connectivity index (χ3n) is 5.10. The van der Waals surface area contributed by atoms with E-state index in [0.717, 1.165) is 28.5 Å². The number of halogens is 2. The molecule has 0 spiro atoms. The Bertz CT molecular complexity index is 530. The zero-order valence-electron chi connectivity index (χ0n) is 13.0. The van der Waals surface area contributed by atoms with Crippen molar-refractivity contribution in [2.45, 2.75) is 45.2 Å². The molecule has 0 amide bonds. The molecule has 1 saturated heterocycles. The Kier molecular flexibility index (Phi) is 4.28. The average molecular weight is 372 g/mol. The van der Waals surface area contributed by atoms with Crippen molar-refractivity contribution in [3.8, 4) is 0 Å². The molecule has 1 heterocycles. The Hall–Kier alpha value is -0.250. The summed E-state index contributed by atoms with van der Waals surface area (Å²) in [5.41, 5.74) is 1.49. The van der Waals surface area contributed by atoms with Crippen LogP contribution in [0.15, 0.2) is 22.7 Å². The van der Waals surface area contributed by atoms with Crippen LogP contribution in [-0.4, -0.2) is 24.7 Å². The number of nitrogens with one attached hydrogen (secondary N) is 1. The summed E-state index contributed by atoms with van der Waals surface area (Å²) in [5, 5.41) is 4.62. The summed E-state index contributed by atoms with van der Waals surface area (Å²) in [6.45, 7) is 9.12. The third-order valence-corrected chi connectivity index (χ3v) is 6.33. The lowest BCUT2D eigenvalue weighted by molar-refractivity contribution is 0.233. The topological polar surface area (TPSA) is 15.3 Å². The first-order valence-corrected chi connectivity index (χ1v) is 9.04. The van der Waals surface area contributed by atoms with Gasteiger partial charge in [-0.3, -0.25) is 0 Å². The van der Waals surface area contributed by atoms with Crippen LogP contribution in [0.4, 0.5) is 5.69 Å². The van der Waals surface area contributed by atoms with Gasteiger partial charge in [-0.2, -0.15) is 0 Å². The molecule has 1 aromatic carbocycles. The van der Waals surface area contributed by atoms with E-state index in [1.807, 2.05) is 0 Å². The minimum Gasteiger partial charge on any atom is -0.365 e. The summed E-state index contributed by atoms with van der Waals surface area (Å²) in [6, 6.07) is 6.86. The van der Waals surface area contributed by atoms with Crippen LogP contribution in [0.3, 0.4) is 0 Å². The van der Waals surface area contributed by atoms with E-state index in [9.17, 15) is 0 Å². The van der Waals surface area contributed by atoms with E-state index in [1.54, 1.807) is 0 Å². The molecule has 21 heavy (non-hydrogen) atoms. The van der Waals surface area contributed by atoms with Crippen LogP contribution >= 0.6 is 27.5 Å². The fourth-order valence-corrected chi connectivity index (χ4v) is 3.93. The SMILES string of the molecule is CC(C)C1CNC(C)(C2CC2)CN1c1ccc(Br)c(Cl)c1. The van der Waals surface area contributed by atoms with Crippen molar-refractivity contribution < 1.29 is 0 Å². The second-order valence-electron chi connectivity index (χ2n) is 7.11. The van der Waals surface area contributed by atoms with E-state index in [-0.39, 0.29) is 5.54 Å². The monoisotopic (exact) mass is 370 g/mol. The summed E-state index contributed by atoms with van der Waals surface area (Å²) in [7, 11) is 0. The van der Waals surface area contributed by atoms with Gasteiger partial charge in [-0.25, -0.2) is 0 Å². The first kappa shape index (κ1) is 15.6. The number of rotatable bonds is 3. The Morgan fingerprint density at radius 2 is 2.10 bits per heavy atom. The molecule has 1 aliphatic carbocycles. The largest absolute Gasteiger partial charge is 0.365 e. The standard InChI is InChI=1S/C17H24BrClN2/c1-11(2)16-9-20-17(3,12-4-5-12)10-21(16)13-6-7-14(18)15(19)8-13/h6-8,11-12,16,20H,4-5,9-10H2,1-3H3. The van der Waals surface area contributed by atoms with Crippen LogP contribution in [0.25, 0.3) is 0 Å². The predicted octanol–water partition coefficient (Wildman–Crippen LogP) is 4.71. The van der Waals surface area contributed by atoms with E-state index in [2.05, 4.69) is 65.1 Å². The van der Waals surface area contributed by atoms with Gasteiger partial charge in [-0.15, -0.1) is 0 Å². The maximum absolute atomic E-state index is 6.32. The highest BCUT2D eigenvalue weighted by Crippen LogP contribution is 2.43. The highest BCUT2D eigenvalue weighted by molar-refractivity contribution is 9.10. The zero-order valence-corrected chi connectivity index (χ0v) is 15.3. The smallest absolute Gasteiger partial charge is 0.0568 e. The number of piperazine rings is 1. The Labute approximate surface area is 141 Å². The van der Waals surface area contributed by atoms with Crippen LogP contribution in [0, 0.1) is 11.8 Å². The number of hydrogen-bond donors (Lipinski definition) is 1. The lowest BCUT2D eigenvalue weighted by Gasteiger charge is -2.49. The zero-order chi connectivity index (χ0) is 15.2. The van der Waals surface area contributed by atoms with Gasteiger partial charge in [0.15, 0.2) is 0 Å². The molecule has 3 rings (SSSR count). The van der Waals surface area contributed by atoms with Gasteiger partial charge in [0.05, 0.1) is 5.02 Å². The van der Waals surface area contributed by atoms with Gasteiger partial charge in [0.2, 0.25) is 0 Å². The summed E-state index contributed by atoms with van der Waals surface area (Å²) in [6.07, 6.45) is 2.73. The molecule has 0 bridgehead atoms. The average Bonchev–Trinajstić information content (AvgIpc) is 3.26. The lowest BCUT2D eigenvalue weighted by Crippen LogP contribution is -2.65. The van der Waals surface area contributed by atoms with Gasteiger partial charge in [0.1, 0.15) is 0 Å². The summed E-state index contributed by atoms with van der Waals surface area (Å²) in [5.74, 6) is 1.45. The maximum Gasteiger partial charge on any atom is 0.0568 e. The minimum absolute atomic E-state index is 0.241. The third kappa shape index (κ3) is 3.11. The lowest BCUT2D eigenvalue weighted by atomic mass is 9.87. The van der Waals surface area contributed by atoms with Crippen molar-refractivity contribution in [3.63, 3.8) is 0 Å². The number of hydrogen-bond acceptors (Lipinski definition) is 2. The molecule has 1 aromatic rings. The van der Waals surface area contributed by atoms with Crippen LogP contribution in [-0.2, 0) is 0 Å². The molecule has 1 saturated carbocycles. The Balaban J connectivity index is 1.91. The van der Waals surface area contributed by atoms with E-state index in [4.69, 9.17) is 11.6 Å². The molecule has 2 atom stereocenters. The van der Waals surface area contributed by atoms with Crippen LogP contribution in [0.5, 0.6) is 0 Å². The number of benzene rings is 1. The maximum atomic E-state index is 6.32. The fraction of sp³-hybridized carbons (Fsp3) is 0.647. The second-order valence-corrected chi connectivity index (χ2v) is 8.37. The molecule has 4 heteroatoms. The fourth-order valence-electron chi connectivity index (χ4n) is 3.51. The van der Waals surface area contributed by atoms with Gasteiger partial charge in [0, 0.05) is 34.8 Å². The Morgan fingerprint density at radius 3 is 2.67 bits per heavy atom. The quantitative estimate of drug-likeness (QED) is 0.828. The number of nitrogens with zero attached hydrogens (tertiary/aromatic N) is 1.